The number of carbonyl (C=O) groups excluding carboxylic acids is 1. The lowest BCUT2D eigenvalue weighted by Crippen LogP contribution is -2.32. The van der Waals surface area contributed by atoms with Crippen molar-refractivity contribution in [3.8, 4) is 0 Å². The third kappa shape index (κ3) is 5.76. The number of nitrogens with zero attached hydrogens (tertiary/aromatic N) is 3. The summed E-state index contributed by atoms with van der Waals surface area (Å²) in [6, 6.07) is 16.2. The van der Waals surface area contributed by atoms with E-state index in [2.05, 4.69) is 32.1 Å². The van der Waals surface area contributed by atoms with E-state index in [1.165, 1.54) is 12.8 Å². The summed E-state index contributed by atoms with van der Waals surface area (Å²) in [4.78, 5) is 14.6. The molecule has 3 aromatic rings. The Balaban J connectivity index is 1.38. The maximum Gasteiger partial charge on any atom is 0.270 e. The molecule has 33 heavy (non-hydrogen) atoms. The molecule has 0 saturated carbocycles. The molecular weight excluding hydrogens is 458 g/mol. The Hall–Kier alpha value is -2.82. The van der Waals surface area contributed by atoms with Crippen LogP contribution in [0.5, 0.6) is 0 Å². The van der Waals surface area contributed by atoms with Gasteiger partial charge in [-0.05, 0) is 55.5 Å². The van der Waals surface area contributed by atoms with Crippen molar-refractivity contribution in [1.29, 1.82) is 0 Å². The van der Waals surface area contributed by atoms with Crippen LogP contribution in [0.2, 0.25) is 0 Å². The van der Waals surface area contributed by atoms with E-state index in [-0.39, 0.29) is 15.4 Å². The number of nitrogens with one attached hydrogen (secondary N) is 2. The molecule has 2 aromatic carbocycles. The highest BCUT2D eigenvalue weighted by Gasteiger charge is 2.24. The second-order valence-corrected chi connectivity index (χ2v) is 11.2. The van der Waals surface area contributed by atoms with Gasteiger partial charge < -0.3 is 4.90 Å². The summed E-state index contributed by atoms with van der Waals surface area (Å²) < 4.78 is 28.1. The van der Waals surface area contributed by atoms with Crippen molar-refractivity contribution in [2.45, 2.75) is 37.1 Å². The number of amides is 1. The zero-order valence-corrected chi connectivity index (χ0v) is 20.2. The highest BCUT2D eigenvalue weighted by Crippen LogP contribution is 2.26. The molecule has 1 unspecified atom stereocenters. The van der Waals surface area contributed by atoms with Gasteiger partial charge in [0.15, 0.2) is 0 Å². The molecule has 2 N–H and O–H groups in total. The van der Waals surface area contributed by atoms with E-state index in [4.69, 9.17) is 0 Å². The lowest BCUT2D eigenvalue weighted by molar-refractivity contribution is 0.102. The fourth-order valence-electron chi connectivity index (χ4n) is 3.72. The van der Waals surface area contributed by atoms with Crippen LogP contribution in [0.4, 0.5) is 10.8 Å². The average molecular weight is 486 g/mol. The van der Waals surface area contributed by atoms with Crippen LogP contribution in [0.1, 0.15) is 48.7 Å². The van der Waals surface area contributed by atoms with Crippen LogP contribution in [-0.4, -0.2) is 37.6 Å². The van der Waals surface area contributed by atoms with Crippen molar-refractivity contribution in [2.75, 3.05) is 23.3 Å². The largest absolute Gasteiger partial charge is 0.372 e. The van der Waals surface area contributed by atoms with Crippen LogP contribution in [0, 0.1) is 5.92 Å². The molecule has 1 fully saturated rings. The minimum Gasteiger partial charge on any atom is -0.372 e. The second kappa shape index (κ2) is 9.98. The van der Waals surface area contributed by atoms with Crippen LogP contribution < -0.4 is 14.9 Å². The maximum atomic E-state index is 12.8. The predicted molar refractivity (Wildman–Crippen MR) is 130 cm³/mol. The quantitative estimate of drug-likeness (QED) is 0.489. The van der Waals surface area contributed by atoms with E-state index in [1.54, 1.807) is 37.3 Å². The van der Waals surface area contributed by atoms with Gasteiger partial charge in [-0.2, -0.15) is 0 Å². The molecule has 1 aliphatic heterocycles. The van der Waals surface area contributed by atoms with Gasteiger partial charge in [0.05, 0.1) is 0 Å². The molecule has 1 amide bonds. The Morgan fingerprint density at radius 1 is 1.06 bits per heavy atom. The molecule has 8 nitrogen and oxygen atoms in total. The van der Waals surface area contributed by atoms with E-state index >= 15 is 0 Å². The lowest BCUT2D eigenvalue weighted by Gasteiger charge is -2.32. The summed E-state index contributed by atoms with van der Waals surface area (Å²) in [5, 5.41) is 10.3. The molecule has 174 valence electrons. The Morgan fingerprint density at radius 3 is 2.39 bits per heavy atom. The number of rotatable bonds is 7. The van der Waals surface area contributed by atoms with E-state index in [1.807, 2.05) is 24.3 Å². The molecule has 1 aromatic heterocycles. The first-order valence-corrected chi connectivity index (χ1v) is 13.2. The number of benzene rings is 2. The molecule has 4 rings (SSSR count). The highest BCUT2D eigenvalue weighted by molar-refractivity contribution is 7.91. The number of aromatic nitrogens is 2. The fraction of sp³-hybridized carbons (Fsp3) is 0.348. The monoisotopic (exact) mass is 485 g/mol. The number of sulfonamides is 1. The second-order valence-electron chi connectivity index (χ2n) is 8.30. The summed E-state index contributed by atoms with van der Waals surface area (Å²) in [6.45, 7) is 6.16. The molecule has 0 bridgehead atoms. The molecule has 1 saturated heterocycles. The molecule has 0 aliphatic carbocycles. The van der Waals surface area contributed by atoms with E-state index in [0.717, 1.165) is 41.6 Å². The van der Waals surface area contributed by atoms with Gasteiger partial charge in [-0.15, -0.1) is 10.2 Å². The molecule has 2 heterocycles. The molecular formula is C23H27N5O3S2. The fourth-order valence-corrected chi connectivity index (χ4v) is 5.86. The van der Waals surface area contributed by atoms with Gasteiger partial charge in [0.25, 0.3) is 15.9 Å². The Labute approximate surface area is 198 Å². The molecule has 1 aliphatic rings. The van der Waals surface area contributed by atoms with Crippen LogP contribution in [-0.2, 0) is 10.0 Å². The van der Waals surface area contributed by atoms with E-state index in [0.29, 0.717) is 5.56 Å². The van der Waals surface area contributed by atoms with Gasteiger partial charge in [0.2, 0.25) is 9.47 Å². The summed E-state index contributed by atoms with van der Waals surface area (Å²) in [7, 11) is -3.89. The third-order valence-corrected chi connectivity index (χ3v) is 8.51. The van der Waals surface area contributed by atoms with Crippen molar-refractivity contribution in [3.63, 3.8) is 0 Å². The van der Waals surface area contributed by atoms with Crippen LogP contribution in [0.25, 0.3) is 0 Å². The topological polar surface area (TPSA) is 104 Å². The number of hydrogen-bond donors (Lipinski definition) is 2. The summed E-state index contributed by atoms with van der Waals surface area (Å²) >= 11 is 0.810. The first-order valence-electron chi connectivity index (χ1n) is 10.9. The number of anilines is 2. The van der Waals surface area contributed by atoms with Crippen LogP contribution in [0.15, 0.2) is 58.9 Å². The summed E-state index contributed by atoms with van der Waals surface area (Å²) in [6.07, 6.45) is 2.38. The van der Waals surface area contributed by atoms with Gasteiger partial charge in [0, 0.05) is 30.4 Å². The summed E-state index contributed by atoms with van der Waals surface area (Å²) in [5.41, 5.74) is 2.46. The number of piperidine rings is 1. The lowest BCUT2D eigenvalue weighted by atomic mass is 9.98. The molecule has 10 heteroatoms. The standard InChI is InChI=1S/C23H27N5O3S2/c1-16-12-14-28(15-13-16)20-10-8-18(9-11-20)17(2)27-33(30,31)23-26-25-22(32-23)24-21(29)19-6-4-3-5-7-19/h3-11,16-17,27H,12-15H2,1-2H3,(H,24,25,29). The minimum absolute atomic E-state index is 0.122. The van der Waals surface area contributed by atoms with E-state index in [9.17, 15) is 13.2 Å². The number of carbonyl (C=O) groups is 1. The SMILES string of the molecule is CC1CCN(c2ccc(C(C)NS(=O)(=O)c3nnc(NC(=O)c4ccccc4)s3)cc2)CC1. The van der Waals surface area contributed by atoms with Crippen molar-refractivity contribution in [2.24, 2.45) is 5.92 Å². The predicted octanol–water partition coefficient (Wildman–Crippen LogP) is 4.07. The first-order chi connectivity index (χ1) is 15.8. The molecule has 0 radical (unpaired) electrons. The van der Waals surface area contributed by atoms with Crippen LogP contribution in [0.3, 0.4) is 0 Å². The zero-order valence-electron chi connectivity index (χ0n) is 18.6. The van der Waals surface area contributed by atoms with Crippen molar-refractivity contribution >= 4 is 38.1 Å². The number of hydrogen-bond acceptors (Lipinski definition) is 7. The van der Waals surface area contributed by atoms with Gasteiger partial charge in [0.1, 0.15) is 0 Å². The third-order valence-electron chi connectivity index (χ3n) is 5.77. The average Bonchev–Trinajstić information content (AvgIpc) is 3.29. The van der Waals surface area contributed by atoms with E-state index < -0.39 is 16.1 Å². The van der Waals surface area contributed by atoms with Gasteiger partial charge in [-0.3, -0.25) is 10.1 Å². The highest BCUT2D eigenvalue weighted by atomic mass is 32.2. The van der Waals surface area contributed by atoms with Crippen molar-refractivity contribution in [1.82, 2.24) is 14.9 Å². The van der Waals surface area contributed by atoms with Crippen LogP contribution >= 0.6 is 11.3 Å². The zero-order chi connectivity index (χ0) is 23.4. The Morgan fingerprint density at radius 2 is 1.73 bits per heavy atom. The maximum absolute atomic E-state index is 12.8. The Kier molecular flexibility index (Phi) is 7.06. The Bertz CT molecular complexity index is 1190. The molecule has 0 spiro atoms. The van der Waals surface area contributed by atoms with Crippen molar-refractivity contribution in [3.05, 3.63) is 65.7 Å². The van der Waals surface area contributed by atoms with Gasteiger partial charge >= 0.3 is 0 Å². The first kappa shape index (κ1) is 23.3. The van der Waals surface area contributed by atoms with Gasteiger partial charge in [-0.25, -0.2) is 13.1 Å². The normalized spacial score (nSPS) is 15.9. The minimum atomic E-state index is -3.89. The van der Waals surface area contributed by atoms with Crippen molar-refractivity contribution < 1.29 is 13.2 Å². The molecule has 1 atom stereocenters. The smallest absolute Gasteiger partial charge is 0.270 e. The van der Waals surface area contributed by atoms with Gasteiger partial charge in [-0.1, -0.05) is 48.6 Å². The summed E-state index contributed by atoms with van der Waals surface area (Å²) in [5.74, 6) is 0.391.